The predicted molar refractivity (Wildman–Crippen MR) is 217 cm³/mol. The quantitative estimate of drug-likeness (QED) is 0.171. The van der Waals surface area contributed by atoms with Crippen LogP contribution in [0.25, 0.3) is 99.2 Å². The fourth-order valence-electron chi connectivity index (χ4n) is 9.35. The number of rotatable bonds is 2. The molecular formula is C48H36N2O2. The molecule has 4 heterocycles. The number of hydrogen-bond acceptors (Lipinski definition) is 2. The normalized spacial score (nSPS) is 12.4. The van der Waals surface area contributed by atoms with Crippen molar-refractivity contribution in [2.45, 2.75) is 41.5 Å². The fraction of sp³-hybridized carbons (Fsp3) is 0.125. The van der Waals surface area contributed by atoms with Crippen LogP contribution in [0.3, 0.4) is 0 Å². The lowest BCUT2D eigenvalue weighted by atomic mass is 9.94. The topological polar surface area (TPSA) is 35.1 Å². The van der Waals surface area contributed by atoms with E-state index < -0.39 is 0 Å². The molecule has 0 aliphatic heterocycles. The maximum Gasteiger partial charge on any atom is 0.162 e. The Kier molecular flexibility index (Phi) is 5.76. The third-order valence-corrected chi connectivity index (χ3v) is 11.6. The van der Waals surface area contributed by atoms with Gasteiger partial charge in [0.2, 0.25) is 0 Å². The number of aromatic nitrogens is 2. The van der Waals surface area contributed by atoms with Gasteiger partial charge in [0.25, 0.3) is 0 Å². The molecule has 4 heteroatoms. The molecule has 4 nitrogen and oxygen atoms in total. The van der Waals surface area contributed by atoms with Crippen molar-refractivity contribution in [2.24, 2.45) is 0 Å². The molecule has 11 rings (SSSR count). The van der Waals surface area contributed by atoms with Gasteiger partial charge < -0.3 is 17.6 Å². The van der Waals surface area contributed by atoms with Gasteiger partial charge in [-0.05, 0) is 134 Å². The first-order chi connectivity index (χ1) is 25.3. The standard InChI is InChI=1S/C48H36N2O2/c1-25-11-7-12-26(2)39(25)31-19-21-35-33(23-31)41-43-48(52-45-29(5)15-9-17-37(45)49(35)43)42-34-24-32(40-27(3)13-8-14-28(40)4)20-22-36(34)50-38-18-10-16-30(6)46(38)51-47(41)44(42)50/h7-24H,1-6H3. The van der Waals surface area contributed by atoms with Crippen LogP contribution in [0.15, 0.2) is 118 Å². The van der Waals surface area contributed by atoms with Crippen molar-refractivity contribution in [3.05, 3.63) is 143 Å². The van der Waals surface area contributed by atoms with E-state index in [9.17, 15) is 0 Å². The molecule has 250 valence electrons. The largest absolute Gasteiger partial charge is 0.452 e. The van der Waals surface area contributed by atoms with Crippen molar-refractivity contribution in [1.29, 1.82) is 0 Å². The Balaban J connectivity index is 1.45. The highest BCUT2D eigenvalue weighted by atomic mass is 16.3. The number of benzene rings is 7. The highest BCUT2D eigenvalue weighted by Crippen LogP contribution is 2.49. The monoisotopic (exact) mass is 672 g/mol. The Morgan fingerprint density at radius 2 is 0.731 bits per heavy atom. The number of hydrogen-bond donors (Lipinski definition) is 0. The van der Waals surface area contributed by atoms with E-state index in [1.807, 2.05) is 0 Å². The van der Waals surface area contributed by atoms with E-state index in [0.717, 1.165) is 88.1 Å². The lowest BCUT2D eigenvalue weighted by molar-refractivity contribution is 0.650. The van der Waals surface area contributed by atoms with Crippen LogP contribution in [0.4, 0.5) is 0 Å². The van der Waals surface area contributed by atoms with E-state index in [1.54, 1.807) is 0 Å². The van der Waals surface area contributed by atoms with E-state index in [4.69, 9.17) is 8.83 Å². The SMILES string of the molecule is Cc1cccc(C)c1-c1ccc2c(c1)c1c3oc4c(C)cccc4n4c5ccc(-c6c(C)cccc6C)cc5c(c5oc6c(C)cccc6n2c51)c34. The third-order valence-electron chi connectivity index (χ3n) is 11.6. The summed E-state index contributed by atoms with van der Waals surface area (Å²) in [7, 11) is 0. The average molecular weight is 673 g/mol. The summed E-state index contributed by atoms with van der Waals surface area (Å²) in [4.78, 5) is 0. The molecule has 0 aliphatic carbocycles. The summed E-state index contributed by atoms with van der Waals surface area (Å²) in [5, 5.41) is 4.45. The molecule has 0 saturated heterocycles. The number of fused-ring (bicyclic) bond motifs is 12. The summed E-state index contributed by atoms with van der Waals surface area (Å²) >= 11 is 0. The highest BCUT2D eigenvalue weighted by molar-refractivity contribution is 6.35. The first-order valence-corrected chi connectivity index (χ1v) is 18.1. The third kappa shape index (κ3) is 3.66. The molecule has 0 bridgehead atoms. The molecule has 4 aromatic heterocycles. The molecule has 52 heavy (non-hydrogen) atoms. The molecule has 0 spiro atoms. The first kappa shape index (κ1) is 29.5. The summed E-state index contributed by atoms with van der Waals surface area (Å²) in [5.41, 5.74) is 22.2. The van der Waals surface area contributed by atoms with E-state index >= 15 is 0 Å². The molecule has 7 aromatic carbocycles. The lowest BCUT2D eigenvalue weighted by Gasteiger charge is -2.12. The van der Waals surface area contributed by atoms with Gasteiger partial charge in [-0.15, -0.1) is 0 Å². The molecule has 11 aromatic rings. The van der Waals surface area contributed by atoms with Gasteiger partial charge in [-0.3, -0.25) is 0 Å². The molecule has 0 radical (unpaired) electrons. The number of para-hydroxylation sites is 2. The summed E-state index contributed by atoms with van der Waals surface area (Å²) in [6.07, 6.45) is 0. The van der Waals surface area contributed by atoms with Gasteiger partial charge in [0.1, 0.15) is 11.0 Å². The molecule has 0 saturated carbocycles. The van der Waals surface area contributed by atoms with E-state index in [-0.39, 0.29) is 0 Å². The minimum absolute atomic E-state index is 0.877. The zero-order chi connectivity index (χ0) is 35.2. The van der Waals surface area contributed by atoms with Crippen molar-refractivity contribution in [3.8, 4) is 22.3 Å². The van der Waals surface area contributed by atoms with Gasteiger partial charge in [0.05, 0.1) is 32.8 Å². The Labute approximate surface area is 300 Å². The van der Waals surface area contributed by atoms with Crippen molar-refractivity contribution >= 4 is 77.0 Å². The summed E-state index contributed by atoms with van der Waals surface area (Å²) in [5.74, 6) is 0. The van der Waals surface area contributed by atoms with Crippen LogP contribution in [0.1, 0.15) is 33.4 Å². The maximum atomic E-state index is 7.24. The molecule has 0 amide bonds. The molecular weight excluding hydrogens is 637 g/mol. The number of aryl methyl sites for hydroxylation is 6. The molecule has 0 fully saturated rings. The molecule has 0 atom stereocenters. The second kappa shape index (κ2) is 10.2. The Bertz CT molecular complexity index is 3090. The summed E-state index contributed by atoms with van der Waals surface area (Å²) in [6, 6.07) is 39.9. The zero-order valence-corrected chi connectivity index (χ0v) is 30.1. The van der Waals surface area contributed by atoms with E-state index in [0.29, 0.717) is 0 Å². The van der Waals surface area contributed by atoms with Gasteiger partial charge in [0, 0.05) is 10.8 Å². The van der Waals surface area contributed by atoms with Gasteiger partial charge in [-0.1, -0.05) is 72.8 Å². The van der Waals surface area contributed by atoms with Crippen molar-refractivity contribution < 1.29 is 8.83 Å². The second-order valence-electron chi connectivity index (χ2n) is 14.8. The Morgan fingerprint density at radius 1 is 0.365 bits per heavy atom. The fourth-order valence-corrected chi connectivity index (χ4v) is 9.35. The van der Waals surface area contributed by atoms with Gasteiger partial charge in [-0.2, -0.15) is 0 Å². The van der Waals surface area contributed by atoms with Crippen LogP contribution in [-0.2, 0) is 0 Å². The molecule has 0 N–H and O–H groups in total. The van der Waals surface area contributed by atoms with Gasteiger partial charge >= 0.3 is 0 Å². The van der Waals surface area contributed by atoms with Crippen LogP contribution in [-0.4, -0.2) is 8.80 Å². The minimum atomic E-state index is 0.877. The highest BCUT2D eigenvalue weighted by Gasteiger charge is 2.28. The molecule has 0 unspecified atom stereocenters. The van der Waals surface area contributed by atoms with Crippen LogP contribution in [0.5, 0.6) is 0 Å². The van der Waals surface area contributed by atoms with Crippen LogP contribution >= 0.6 is 0 Å². The van der Waals surface area contributed by atoms with Gasteiger partial charge in [0.15, 0.2) is 22.3 Å². The van der Waals surface area contributed by atoms with E-state index in [2.05, 4.69) is 160 Å². The van der Waals surface area contributed by atoms with Crippen LogP contribution in [0.2, 0.25) is 0 Å². The van der Waals surface area contributed by atoms with E-state index in [1.165, 1.54) is 44.5 Å². The first-order valence-electron chi connectivity index (χ1n) is 18.1. The predicted octanol–water partition coefficient (Wildman–Crippen LogP) is 13.5. The minimum Gasteiger partial charge on any atom is -0.452 e. The lowest BCUT2D eigenvalue weighted by Crippen LogP contribution is -1.94. The van der Waals surface area contributed by atoms with Crippen LogP contribution in [0, 0.1) is 41.5 Å². The Morgan fingerprint density at radius 3 is 1.13 bits per heavy atom. The molecule has 0 aliphatic rings. The van der Waals surface area contributed by atoms with Crippen LogP contribution < -0.4 is 0 Å². The summed E-state index contributed by atoms with van der Waals surface area (Å²) in [6.45, 7) is 13.1. The van der Waals surface area contributed by atoms with Gasteiger partial charge in [-0.25, -0.2) is 0 Å². The van der Waals surface area contributed by atoms with Crippen molar-refractivity contribution in [3.63, 3.8) is 0 Å². The smallest absolute Gasteiger partial charge is 0.162 e. The number of nitrogens with zero attached hydrogens (tertiary/aromatic N) is 2. The zero-order valence-electron chi connectivity index (χ0n) is 30.1. The Hall–Kier alpha value is -6.26. The maximum absolute atomic E-state index is 7.24. The van der Waals surface area contributed by atoms with Crippen molar-refractivity contribution in [1.82, 2.24) is 8.80 Å². The second-order valence-corrected chi connectivity index (χ2v) is 14.8. The summed E-state index contributed by atoms with van der Waals surface area (Å²) < 4.78 is 19.3. The van der Waals surface area contributed by atoms with Crippen molar-refractivity contribution in [2.75, 3.05) is 0 Å². The average Bonchev–Trinajstić information content (AvgIpc) is 3.66.